The summed E-state index contributed by atoms with van der Waals surface area (Å²) in [5.41, 5.74) is 0.684. The number of carbonyl (C=O) groups is 2. The van der Waals surface area contributed by atoms with Gasteiger partial charge in [0.25, 0.3) is 0 Å². The van der Waals surface area contributed by atoms with Gasteiger partial charge in [-0.25, -0.2) is 0 Å². The van der Waals surface area contributed by atoms with Crippen LogP contribution in [-0.2, 0) is 9.59 Å². The maximum Gasteiger partial charge on any atom is 0.238 e. The van der Waals surface area contributed by atoms with E-state index < -0.39 is 5.25 Å². The molecule has 2 N–H and O–H groups in total. The van der Waals surface area contributed by atoms with E-state index in [0.717, 1.165) is 11.8 Å². The summed E-state index contributed by atoms with van der Waals surface area (Å²) in [5, 5.41) is 12.9. The van der Waals surface area contributed by atoms with E-state index in [1.807, 2.05) is 18.2 Å². The third-order valence-electron chi connectivity index (χ3n) is 3.08. The molecular formula is C16H14N4O3S. The Bertz CT molecular complexity index is 772. The van der Waals surface area contributed by atoms with Gasteiger partial charge >= 0.3 is 0 Å². The monoisotopic (exact) mass is 342 g/mol. The van der Waals surface area contributed by atoms with Gasteiger partial charge in [-0.15, -0.1) is 5.10 Å². The van der Waals surface area contributed by atoms with Gasteiger partial charge in [-0.3, -0.25) is 9.59 Å². The predicted molar refractivity (Wildman–Crippen MR) is 92.9 cm³/mol. The molecule has 0 radical (unpaired) electrons. The highest BCUT2D eigenvalue weighted by Gasteiger charge is 2.30. The molecule has 1 saturated heterocycles. The first-order valence-electron chi connectivity index (χ1n) is 7.17. The third-order valence-corrected chi connectivity index (χ3v) is 4.15. The Labute approximate surface area is 142 Å². The molecule has 2 amide bonds. The normalized spacial score (nSPS) is 19.4. The van der Waals surface area contributed by atoms with Gasteiger partial charge in [-0.2, -0.15) is 5.10 Å². The minimum atomic E-state index is -0.559. The molecule has 0 saturated carbocycles. The first-order valence-corrected chi connectivity index (χ1v) is 8.05. The number of amidine groups is 1. The van der Waals surface area contributed by atoms with E-state index >= 15 is 0 Å². The fourth-order valence-electron chi connectivity index (χ4n) is 1.99. The van der Waals surface area contributed by atoms with E-state index in [4.69, 9.17) is 4.42 Å². The van der Waals surface area contributed by atoms with E-state index in [2.05, 4.69) is 20.8 Å². The Balaban J connectivity index is 1.64. The summed E-state index contributed by atoms with van der Waals surface area (Å²) in [4.78, 5) is 24.1. The van der Waals surface area contributed by atoms with Crippen LogP contribution in [0.1, 0.15) is 12.2 Å². The van der Waals surface area contributed by atoms with Crippen molar-refractivity contribution in [3.05, 3.63) is 54.5 Å². The highest BCUT2D eigenvalue weighted by molar-refractivity contribution is 8.15. The second-order valence-electron chi connectivity index (χ2n) is 4.88. The highest BCUT2D eigenvalue weighted by Crippen LogP contribution is 2.22. The molecule has 3 rings (SSSR count). The van der Waals surface area contributed by atoms with Crippen LogP contribution in [-0.4, -0.2) is 28.4 Å². The van der Waals surface area contributed by atoms with Crippen LogP contribution >= 0.6 is 11.8 Å². The first kappa shape index (κ1) is 16.0. The molecule has 2 heterocycles. The van der Waals surface area contributed by atoms with E-state index in [0.29, 0.717) is 11.4 Å². The average molecular weight is 342 g/mol. The lowest BCUT2D eigenvalue weighted by molar-refractivity contribution is -0.123. The van der Waals surface area contributed by atoms with Crippen LogP contribution in [0.15, 0.2) is 63.3 Å². The van der Waals surface area contributed by atoms with Crippen LogP contribution < -0.4 is 10.6 Å². The molecule has 1 aromatic heterocycles. The summed E-state index contributed by atoms with van der Waals surface area (Å²) >= 11 is 1.16. The van der Waals surface area contributed by atoms with Gasteiger partial charge in [0, 0.05) is 12.1 Å². The second-order valence-corrected chi connectivity index (χ2v) is 6.07. The van der Waals surface area contributed by atoms with Crippen molar-refractivity contribution < 1.29 is 14.0 Å². The van der Waals surface area contributed by atoms with Crippen molar-refractivity contribution >= 4 is 40.6 Å². The number of rotatable bonds is 4. The van der Waals surface area contributed by atoms with Gasteiger partial charge in [0.15, 0.2) is 5.17 Å². The van der Waals surface area contributed by atoms with Gasteiger partial charge < -0.3 is 15.1 Å². The second kappa shape index (κ2) is 7.60. The maximum absolute atomic E-state index is 12.3. The van der Waals surface area contributed by atoms with Crippen molar-refractivity contribution in [2.75, 3.05) is 5.32 Å². The fourth-order valence-corrected chi connectivity index (χ4v) is 2.92. The Morgan fingerprint density at radius 2 is 2.12 bits per heavy atom. The number of thioether (sulfide) groups is 1. The molecule has 122 valence electrons. The first-order chi connectivity index (χ1) is 11.7. The molecule has 24 heavy (non-hydrogen) atoms. The van der Waals surface area contributed by atoms with Crippen LogP contribution in [0.4, 0.5) is 5.69 Å². The van der Waals surface area contributed by atoms with Gasteiger partial charge in [-0.1, -0.05) is 30.0 Å². The fraction of sp³-hybridized carbons (Fsp3) is 0.125. The number of nitrogens with zero attached hydrogens (tertiary/aromatic N) is 2. The molecule has 0 aliphatic carbocycles. The molecule has 0 spiro atoms. The molecule has 0 bridgehead atoms. The third kappa shape index (κ3) is 4.32. The number of furan rings is 1. The zero-order chi connectivity index (χ0) is 16.8. The van der Waals surface area contributed by atoms with E-state index in [1.165, 1.54) is 12.5 Å². The van der Waals surface area contributed by atoms with Crippen LogP contribution in [0.25, 0.3) is 0 Å². The summed E-state index contributed by atoms with van der Waals surface area (Å²) < 4.78 is 5.09. The van der Waals surface area contributed by atoms with Crippen LogP contribution in [0.5, 0.6) is 0 Å². The van der Waals surface area contributed by atoms with Crippen molar-refractivity contribution in [2.45, 2.75) is 11.7 Å². The summed E-state index contributed by atoms with van der Waals surface area (Å²) in [7, 11) is 0. The Kier molecular flexibility index (Phi) is 5.07. The minimum absolute atomic E-state index is 0.0876. The minimum Gasteiger partial charge on any atom is -0.463 e. The van der Waals surface area contributed by atoms with Crippen LogP contribution in [0.2, 0.25) is 0 Å². The summed E-state index contributed by atoms with van der Waals surface area (Å²) in [6.45, 7) is 0. The summed E-state index contributed by atoms with van der Waals surface area (Å²) in [6, 6.07) is 12.5. The lowest BCUT2D eigenvalue weighted by Crippen LogP contribution is -2.41. The molecule has 1 fully saturated rings. The van der Waals surface area contributed by atoms with Crippen molar-refractivity contribution in [2.24, 2.45) is 10.2 Å². The van der Waals surface area contributed by atoms with E-state index in [1.54, 1.807) is 24.3 Å². The highest BCUT2D eigenvalue weighted by atomic mass is 32.2. The number of anilines is 1. The molecule has 1 aliphatic heterocycles. The number of hydrogen-bond acceptors (Lipinski definition) is 6. The molecular weight excluding hydrogens is 328 g/mol. The summed E-state index contributed by atoms with van der Waals surface area (Å²) in [6.07, 6.45) is 3.03. The van der Waals surface area contributed by atoms with Crippen LogP contribution in [0, 0.1) is 0 Å². The quantitative estimate of drug-likeness (QED) is 0.658. The Morgan fingerprint density at radius 1 is 1.29 bits per heavy atom. The largest absolute Gasteiger partial charge is 0.463 e. The lowest BCUT2D eigenvalue weighted by Gasteiger charge is -2.21. The number of para-hydroxylation sites is 1. The SMILES string of the molecule is O=C1C[C@H](C(=O)Nc2ccccc2)SC(=N/N=C\c2ccco2)N1. The van der Waals surface area contributed by atoms with Crippen molar-refractivity contribution in [1.29, 1.82) is 0 Å². The predicted octanol–water partition coefficient (Wildman–Crippen LogP) is 2.23. The standard InChI is InChI=1S/C16H14N4O3S/c21-14-9-13(15(22)18-11-5-2-1-3-6-11)24-16(19-14)20-17-10-12-7-4-8-23-12/h1-8,10,13H,9H2,(H,18,22)(H,19,20,21)/b17-10-/t13-/m1/s1. The smallest absolute Gasteiger partial charge is 0.238 e. The Hall–Kier alpha value is -2.87. The van der Waals surface area contributed by atoms with Gasteiger partial charge in [-0.05, 0) is 24.3 Å². The van der Waals surface area contributed by atoms with Crippen LogP contribution in [0.3, 0.4) is 0 Å². The van der Waals surface area contributed by atoms with Gasteiger partial charge in [0.05, 0.1) is 12.5 Å². The number of benzene rings is 1. The molecule has 0 unspecified atom stereocenters. The average Bonchev–Trinajstić information content (AvgIpc) is 3.09. The van der Waals surface area contributed by atoms with Crippen molar-refractivity contribution in [3.63, 3.8) is 0 Å². The molecule has 8 heteroatoms. The molecule has 1 atom stereocenters. The lowest BCUT2D eigenvalue weighted by atomic mass is 10.2. The Morgan fingerprint density at radius 3 is 2.88 bits per heavy atom. The van der Waals surface area contributed by atoms with Gasteiger partial charge in [0.1, 0.15) is 11.0 Å². The summed E-state index contributed by atoms with van der Waals surface area (Å²) in [5.74, 6) is 0.0301. The maximum atomic E-state index is 12.3. The number of nitrogens with one attached hydrogen (secondary N) is 2. The molecule has 1 aromatic carbocycles. The number of hydrogen-bond donors (Lipinski definition) is 2. The number of carbonyl (C=O) groups excluding carboxylic acids is 2. The van der Waals surface area contributed by atoms with Gasteiger partial charge in [0.2, 0.25) is 11.8 Å². The molecule has 1 aliphatic rings. The zero-order valence-electron chi connectivity index (χ0n) is 12.5. The molecule has 7 nitrogen and oxygen atoms in total. The van der Waals surface area contributed by atoms with E-state index in [-0.39, 0.29) is 23.4 Å². The van der Waals surface area contributed by atoms with Crippen molar-refractivity contribution in [1.82, 2.24) is 5.32 Å². The zero-order valence-corrected chi connectivity index (χ0v) is 13.3. The van der Waals surface area contributed by atoms with E-state index in [9.17, 15) is 9.59 Å². The topological polar surface area (TPSA) is 96.1 Å². The molecule has 2 aromatic rings. The van der Waals surface area contributed by atoms with Crippen molar-refractivity contribution in [3.8, 4) is 0 Å². The number of amides is 2.